The summed E-state index contributed by atoms with van der Waals surface area (Å²) in [7, 11) is 0. The third kappa shape index (κ3) is 7.83. The van der Waals surface area contributed by atoms with Crippen LogP contribution in [0.2, 0.25) is 0 Å². The maximum Gasteiger partial charge on any atom is 0.0782 e. The Hall–Kier alpha value is -9.38. The van der Waals surface area contributed by atoms with E-state index in [1.54, 1.807) is 0 Å². The molecule has 0 aliphatic rings. The Bertz CT molecular complexity index is 3680. The lowest BCUT2D eigenvalue weighted by molar-refractivity contribution is 1.27. The third-order valence-electron chi connectivity index (χ3n) is 13.2. The first-order valence-electron chi connectivity index (χ1n) is 23.9. The number of H-pyrrole nitrogens is 1. The normalized spacial score (nSPS) is 11.1. The molecule has 1 aromatic heterocycles. The lowest BCUT2D eigenvalue weighted by Gasteiger charge is -2.34. The summed E-state index contributed by atoms with van der Waals surface area (Å²) in [4.78, 5) is 8.74. The highest BCUT2D eigenvalue weighted by Crippen LogP contribution is 2.54. The molecule has 70 heavy (non-hydrogen) atoms. The van der Waals surface area contributed by atoms with E-state index in [-0.39, 0.29) is 0 Å². The van der Waals surface area contributed by atoms with Gasteiger partial charge in [0.25, 0.3) is 0 Å². The van der Waals surface area contributed by atoms with E-state index in [2.05, 4.69) is 299 Å². The second kappa shape index (κ2) is 18.7. The topological polar surface area (TPSA) is 34.3 Å². The molecule has 0 saturated heterocycles. The molecule has 0 saturated carbocycles. The maximum absolute atomic E-state index is 4.21. The highest BCUT2D eigenvalue weighted by Gasteiger charge is 2.29. The van der Waals surface area contributed by atoms with Crippen LogP contribution in [0, 0.1) is 0 Å². The Morgan fingerprint density at radius 3 is 1.36 bits per heavy atom. The Kier molecular flexibility index (Phi) is 11.2. The minimum absolute atomic E-state index is 0.953. The zero-order valence-electron chi connectivity index (χ0n) is 38.5. The summed E-state index contributed by atoms with van der Waals surface area (Å²) >= 11 is 0. The van der Waals surface area contributed by atoms with Gasteiger partial charge in [0.15, 0.2) is 0 Å². The van der Waals surface area contributed by atoms with Gasteiger partial charge in [-0.3, -0.25) is 0 Å². The number of nitrogens with one attached hydrogen (secondary N) is 2. The molecule has 0 atom stereocenters. The minimum atomic E-state index is 0.953. The van der Waals surface area contributed by atoms with Crippen molar-refractivity contribution in [1.82, 2.24) is 4.98 Å². The van der Waals surface area contributed by atoms with E-state index < -0.39 is 0 Å². The summed E-state index contributed by atoms with van der Waals surface area (Å²) in [6.07, 6.45) is 0. The fourth-order valence-electron chi connectivity index (χ4n) is 10.1. The smallest absolute Gasteiger partial charge is 0.0782 e. The first-order chi connectivity index (χ1) is 34.8. The number of hydrogen-bond donors (Lipinski definition) is 2. The molecule has 0 fully saturated rings. The van der Waals surface area contributed by atoms with Crippen molar-refractivity contribution >= 4 is 67.3 Å². The summed E-state index contributed by atoms with van der Waals surface area (Å²) in [6, 6.07) is 99.8. The number of aromatic amines is 1. The molecule has 2 N–H and O–H groups in total. The van der Waals surface area contributed by atoms with Crippen LogP contribution in [0.15, 0.2) is 279 Å². The fraction of sp³-hybridized carbons (Fsp3) is 0. The average molecular weight is 897 g/mol. The molecule has 0 amide bonds. The second-order valence-corrected chi connectivity index (χ2v) is 17.4. The lowest BCUT2D eigenvalue weighted by Crippen LogP contribution is -2.16. The van der Waals surface area contributed by atoms with Crippen molar-refractivity contribution in [1.29, 1.82) is 0 Å². The van der Waals surface area contributed by atoms with E-state index >= 15 is 0 Å². The van der Waals surface area contributed by atoms with Gasteiger partial charge in [-0.25, -0.2) is 0 Å². The summed E-state index contributed by atoms with van der Waals surface area (Å²) < 4.78 is 0. The van der Waals surface area contributed by atoms with Crippen LogP contribution < -0.4 is 15.1 Å². The molecule has 0 unspecified atom stereocenters. The number of nitrogens with zero attached hydrogens (tertiary/aromatic N) is 2. The predicted molar refractivity (Wildman–Crippen MR) is 297 cm³/mol. The summed E-state index contributed by atoms with van der Waals surface area (Å²) in [5.41, 5.74) is 19.2. The molecule has 0 radical (unpaired) electrons. The van der Waals surface area contributed by atoms with E-state index in [1.807, 2.05) is 0 Å². The van der Waals surface area contributed by atoms with Crippen molar-refractivity contribution in [3.05, 3.63) is 279 Å². The van der Waals surface area contributed by atoms with Crippen molar-refractivity contribution in [3.8, 4) is 44.5 Å². The molecule has 12 rings (SSSR count). The van der Waals surface area contributed by atoms with E-state index in [9.17, 15) is 0 Å². The molecule has 332 valence electrons. The van der Waals surface area contributed by atoms with Gasteiger partial charge in [0.2, 0.25) is 0 Å². The van der Waals surface area contributed by atoms with Crippen LogP contribution in [-0.2, 0) is 0 Å². The van der Waals surface area contributed by atoms with Gasteiger partial charge in [-0.15, -0.1) is 0 Å². The van der Waals surface area contributed by atoms with Crippen LogP contribution in [-0.4, -0.2) is 4.98 Å². The molecule has 0 aliphatic carbocycles. The fourth-order valence-corrected chi connectivity index (χ4v) is 10.1. The van der Waals surface area contributed by atoms with Crippen LogP contribution in [0.1, 0.15) is 0 Å². The number of rotatable bonds is 12. The zero-order valence-corrected chi connectivity index (χ0v) is 38.5. The van der Waals surface area contributed by atoms with Crippen molar-refractivity contribution in [2.75, 3.05) is 15.1 Å². The van der Waals surface area contributed by atoms with Gasteiger partial charge in [-0.1, -0.05) is 218 Å². The third-order valence-corrected chi connectivity index (χ3v) is 13.2. The van der Waals surface area contributed by atoms with Crippen LogP contribution in [0.25, 0.3) is 66.3 Å². The quantitative estimate of drug-likeness (QED) is 0.128. The molecule has 4 nitrogen and oxygen atoms in total. The van der Waals surface area contributed by atoms with Gasteiger partial charge in [-0.2, -0.15) is 0 Å². The predicted octanol–water partition coefficient (Wildman–Crippen LogP) is 18.7. The largest absolute Gasteiger partial charge is 0.354 e. The summed E-state index contributed by atoms with van der Waals surface area (Å²) in [5.74, 6) is 0. The Morgan fingerprint density at radius 1 is 0.300 bits per heavy atom. The molecule has 11 aromatic carbocycles. The van der Waals surface area contributed by atoms with Crippen molar-refractivity contribution in [3.63, 3.8) is 0 Å². The van der Waals surface area contributed by atoms with Crippen LogP contribution in [0.3, 0.4) is 0 Å². The van der Waals surface area contributed by atoms with Crippen molar-refractivity contribution in [2.24, 2.45) is 0 Å². The number of fused-ring (bicyclic) bond motifs is 3. The van der Waals surface area contributed by atoms with E-state index in [1.165, 1.54) is 10.8 Å². The number of benzene rings is 11. The maximum atomic E-state index is 4.21. The Morgan fingerprint density at radius 2 is 0.743 bits per heavy atom. The molecule has 0 aliphatic heterocycles. The molecule has 0 spiro atoms. The van der Waals surface area contributed by atoms with Crippen LogP contribution in [0.4, 0.5) is 45.5 Å². The lowest BCUT2D eigenvalue weighted by atomic mass is 9.90. The van der Waals surface area contributed by atoms with Crippen molar-refractivity contribution in [2.45, 2.75) is 0 Å². The van der Waals surface area contributed by atoms with E-state index in [0.29, 0.717) is 0 Å². The standard InChI is InChI=1S/C66H48N4/c1-7-25-47(26-8-1)53-43-46-57-56-37-19-21-39-59(56)67-64(57)63(53)58-38-20-23-41-61(58)70(52-35-17-6-18-36-52)66-55(49-29-11-3-12-30-49)45-44-54(48-27-9-2-10-28-48)65(66)68-60-40-22-24-42-62(60)69(50-31-13-4-14-32-50)51-33-15-5-16-34-51/h1-46,67-68H. The highest BCUT2D eigenvalue weighted by atomic mass is 15.2. The SMILES string of the molecule is c1ccc(-c2ccc(-c3ccccc3)c(N(c3ccccc3)c3ccccc3-c3c(-c4ccccc4)ccc4c3[nH]c3ccccc34)c2Nc2ccccc2N(c2ccccc2)c2ccccc2)cc1. The second-order valence-electron chi connectivity index (χ2n) is 17.4. The van der Waals surface area contributed by atoms with E-state index in [0.717, 1.165) is 101 Å². The Labute approximate surface area is 409 Å². The molecule has 1 heterocycles. The number of anilines is 8. The van der Waals surface area contributed by atoms with Gasteiger partial charge >= 0.3 is 0 Å². The van der Waals surface area contributed by atoms with Gasteiger partial charge in [-0.05, 0) is 82.9 Å². The molecule has 4 heteroatoms. The molecule has 0 bridgehead atoms. The first kappa shape index (κ1) is 42.0. The minimum Gasteiger partial charge on any atom is -0.354 e. The number of hydrogen-bond acceptors (Lipinski definition) is 3. The van der Waals surface area contributed by atoms with Gasteiger partial charge in [0, 0.05) is 55.6 Å². The first-order valence-corrected chi connectivity index (χ1v) is 23.9. The zero-order chi connectivity index (χ0) is 46.6. The van der Waals surface area contributed by atoms with Crippen molar-refractivity contribution < 1.29 is 0 Å². The molecule has 12 aromatic rings. The molecular weight excluding hydrogens is 849 g/mol. The number of para-hydroxylation sites is 7. The summed E-state index contributed by atoms with van der Waals surface area (Å²) in [6.45, 7) is 0. The van der Waals surface area contributed by atoms with Crippen LogP contribution in [0.5, 0.6) is 0 Å². The van der Waals surface area contributed by atoms with Gasteiger partial charge < -0.3 is 20.1 Å². The van der Waals surface area contributed by atoms with Gasteiger partial charge in [0.1, 0.15) is 0 Å². The highest BCUT2D eigenvalue weighted by molar-refractivity contribution is 6.16. The monoisotopic (exact) mass is 896 g/mol. The Balaban J connectivity index is 1.18. The number of aromatic nitrogens is 1. The van der Waals surface area contributed by atoms with Gasteiger partial charge in [0.05, 0.1) is 34.0 Å². The molecular formula is C66H48N4. The summed E-state index contributed by atoms with van der Waals surface area (Å²) in [5, 5.41) is 6.59. The van der Waals surface area contributed by atoms with Crippen LogP contribution >= 0.6 is 0 Å². The average Bonchev–Trinajstić information content (AvgIpc) is 3.82. The van der Waals surface area contributed by atoms with E-state index in [4.69, 9.17) is 0 Å².